The first-order valence-electron chi connectivity index (χ1n) is 11.2. The molecule has 1 saturated heterocycles. The standard InChI is InChI=1S/C25H25F3O7/c1-12-17-9-10-24(4,34-14(3)29)18-11-19(13(2)20(18)21(17)33-22(12)30)32-23(31)15-5-7-16(8-6-15)35-25(26,27)28/h5-8,17-19,21H,1,9-11H2,2-4H3/t17-,18?,19-,21-,24+/m0/s1. The zero-order valence-corrected chi connectivity index (χ0v) is 19.4. The van der Waals surface area contributed by atoms with E-state index in [1.54, 1.807) is 6.92 Å². The minimum Gasteiger partial charge on any atom is -0.459 e. The van der Waals surface area contributed by atoms with Gasteiger partial charge in [0.05, 0.1) is 5.56 Å². The minimum atomic E-state index is -4.84. The molecule has 0 amide bonds. The molecule has 3 aliphatic rings. The number of fused-ring (bicyclic) bond motifs is 3. The van der Waals surface area contributed by atoms with Crippen molar-refractivity contribution in [3.05, 3.63) is 53.1 Å². The number of hydrogen-bond donors (Lipinski definition) is 0. The molecule has 0 N–H and O–H groups in total. The van der Waals surface area contributed by atoms with Crippen LogP contribution in [0.4, 0.5) is 13.2 Å². The molecule has 0 radical (unpaired) electrons. The third-order valence-corrected chi connectivity index (χ3v) is 7.02. The summed E-state index contributed by atoms with van der Waals surface area (Å²) in [6, 6.07) is 4.42. The van der Waals surface area contributed by atoms with Gasteiger partial charge in [-0.25, -0.2) is 9.59 Å². The van der Waals surface area contributed by atoms with Crippen LogP contribution in [-0.2, 0) is 23.8 Å². The maximum atomic E-state index is 12.8. The number of carbonyl (C=O) groups excluding carboxylic acids is 3. The molecule has 35 heavy (non-hydrogen) atoms. The molecule has 1 aromatic rings. The second-order valence-electron chi connectivity index (χ2n) is 9.30. The van der Waals surface area contributed by atoms with Gasteiger partial charge in [0, 0.05) is 24.3 Å². The van der Waals surface area contributed by atoms with Gasteiger partial charge in [0.25, 0.3) is 0 Å². The molecule has 0 bridgehead atoms. The summed E-state index contributed by atoms with van der Waals surface area (Å²) in [6.07, 6.45) is -4.81. The van der Waals surface area contributed by atoms with E-state index in [0.717, 1.165) is 17.7 Å². The fourth-order valence-corrected chi connectivity index (χ4v) is 5.39. The van der Waals surface area contributed by atoms with Crippen LogP contribution in [0, 0.1) is 11.8 Å². The summed E-state index contributed by atoms with van der Waals surface area (Å²) in [5.74, 6) is -2.75. The highest BCUT2D eigenvalue weighted by Gasteiger charge is 2.56. The van der Waals surface area contributed by atoms with Crippen LogP contribution in [0.3, 0.4) is 0 Å². The Balaban J connectivity index is 1.60. The maximum absolute atomic E-state index is 12.8. The van der Waals surface area contributed by atoms with Gasteiger partial charge in [-0.1, -0.05) is 6.58 Å². The zero-order valence-electron chi connectivity index (χ0n) is 19.4. The predicted molar refractivity (Wildman–Crippen MR) is 115 cm³/mol. The van der Waals surface area contributed by atoms with E-state index in [9.17, 15) is 27.6 Å². The van der Waals surface area contributed by atoms with Crippen molar-refractivity contribution in [2.45, 2.75) is 64.2 Å². The third-order valence-electron chi connectivity index (χ3n) is 7.02. The largest absolute Gasteiger partial charge is 0.573 e. The van der Waals surface area contributed by atoms with E-state index in [1.165, 1.54) is 19.1 Å². The van der Waals surface area contributed by atoms with Gasteiger partial charge in [0.2, 0.25) is 0 Å². The van der Waals surface area contributed by atoms with Crippen molar-refractivity contribution in [2.24, 2.45) is 11.8 Å². The van der Waals surface area contributed by atoms with Gasteiger partial charge in [-0.05, 0) is 68.5 Å². The van der Waals surface area contributed by atoms with E-state index >= 15 is 0 Å². The fourth-order valence-electron chi connectivity index (χ4n) is 5.39. The second-order valence-corrected chi connectivity index (χ2v) is 9.30. The average molecular weight is 494 g/mol. The molecule has 1 aromatic carbocycles. The number of halogens is 3. The molecular formula is C25H25F3O7. The molecule has 1 saturated carbocycles. The Bertz CT molecular complexity index is 1110. The van der Waals surface area contributed by atoms with E-state index < -0.39 is 47.8 Å². The van der Waals surface area contributed by atoms with Crippen molar-refractivity contribution in [3.63, 3.8) is 0 Å². The molecule has 1 heterocycles. The van der Waals surface area contributed by atoms with Gasteiger partial charge >= 0.3 is 24.3 Å². The molecule has 1 unspecified atom stereocenters. The van der Waals surface area contributed by atoms with Crippen molar-refractivity contribution in [2.75, 3.05) is 0 Å². The summed E-state index contributed by atoms with van der Waals surface area (Å²) in [6.45, 7) is 8.80. The monoisotopic (exact) mass is 494 g/mol. The lowest BCUT2D eigenvalue weighted by atomic mass is 9.81. The Kier molecular flexibility index (Phi) is 6.19. The molecule has 5 atom stereocenters. The van der Waals surface area contributed by atoms with Crippen molar-refractivity contribution in [1.82, 2.24) is 0 Å². The average Bonchev–Trinajstić information content (AvgIpc) is 3.18. The zero-order chi connectivity index (χ0) is 25.7. The highest BCUT2D eigenvalue weighted by Crippen LogP contribution is 2.53. The molecule has 1 aliphatic heterocycles. The highest BCUT2D eigenvalue weighted by atomic mass is 19.4. The lowest BCUT2D eigenvalue weighted by Gasteiger charge is -2.35. The second kappa shape index (κ2) is 8.73. The van der Waals surface area contributed by atoms with Gasteiger partial charge in [0.1, 0.15) is 23.6 Å². The minimum absolute atomic E-state index is 0.0470. The van der Waals surface area contributed by atoms with Gasteiger partial charge in [-0.15, -0.1) is 13.2 Å². The molecule has 4 rings (SSSR count). The number of hydrogen-bond acceptors (Lipinski definition) is 7. The highest BCUT2D eigenvalue weighted by molar-refractivity contribution is 5.91. The first-order valence-corrected chi connectivity index (χ1v) is 11.2. The van der Waals surface area contributed by atoms with Crippen LogP contribution in [0.1, 0.15) is 50.4 Å². The van der Waals surface area contributed by atoms with Crippen molar-refractivity contribution < 1.29 is 46.5 Å². The number of alkyl halides is 3. The van der Waals surface area contributed by atoms with Crippen molar-refractivity contribution >= 4 is 17.9 Å². The Hall–Kier alpha value is -3.30. The predicted octanol–water partition coefficient (Wildman–Crippen LogP) is 4.66. The smallest absolute Gasteiger partial charge is 0.459 e. The summed E-state index contributed by atoms with van der Waals surface area (Å²) in [4.78, 5) is 37.0. The SMILES string of the molecule is C=C1C(=O)O[C@@H]2C3=C(C)[C@@H](OC(=O)c4ccc(OC(F)(F)F)cc4)CC3[C@](C)(OC(C)=O)CC[C@@H]12. The molecule has 188 valence electrons. The summed E-state index contributed by atoms with van der Waals surface area (Å²) in [7, 11) is 0. The topological polar surface area (TPSA) is 88.1 Å². The molecule has 2 aliphatic carbocycles. The summed E-state index contributed by atoms with van der Waals surface area (Å²) >= 11 is 0. The van der Waals surface area contributed by atoms with Crippen molar-refractivity contribution in [1.29, 1.82) is 0 Å². The van der Waals surface area contributed by atoms with E-state index in [2.05, 4.69) is 11.3 Å². The number of benzene rings is 1. The van der Waals surface area contributed by atoms with E-state index in [0.29, 0.717) is 30.4 Å². The van der Waals surface area contributed by atoms with Gasteiger partial charge < -0.3 is 18.9 Å². The molecule has 0 aromatic heterocycles. The fraction of sp³-hybridized carbons (Fsp3) is 0.480. The van der Waals surface area contributed by atoms with E-state index in [4.69, 9.17) is 14.2 Å². The Morgan fingerprint density at radius 1 is 1.20 bits per heavy atom. The van der Waals surface area contributed by atoms with Crippen LogP contribution in [0.15, 0.2) is 47.6 Å². The van der Waals surface area contributed by atoms with Crippen LogP contribution >= 0.6 is 0 Å². The number of carbonyl (C=O) groups is 3. The van der Waals surface area contributed by atoms with Gasteiger partial charge in [-0.3, -0.25) is 4.79 Å². The quantitative estimate of drug-likeness (QED) is 0.260. The molecular weight excluding hydrogens is 469 g/mol. The molecule has 10 heteroatoms. The first-order chi connectivity index (χ1) is 16.3. The number of esters is 3. The Morgan fingerprint density at radius 2 is 1.86 bits per heavy atom. The Labute approximate surface area is 199 Å². The molecule has 2 fully saturated rings. The summed E-state index contributed by atoms with van der Waals surface area (Å²) < 4.78 is 58.1. The normalized spacial score (nSPS) is 30.2. The van der Waals surface area contributed by atoms with E-state index in [-0.39, 0.29) is 17.4 Å². The van der Waals surface area contributed by atoms with Crippen LogP contribution in [0.5, 0.6) is 5.75 Å². The lowest BCUT2D eigenvalue weighted by Crippen LogP contribution is -2.40. The molecule has 0 spiro atoms. The van der Waals surface area contributed by atoms with Crippen LogP contribution in [0.2, 0.25) is 0 Å². The Morgan fingerprint density at radius 3 is 2.46 bits per heavy atom. The maximum Gasteiger partial charge on any atom is 0.573 e. The molecule has 7 nitrogen and oxygen atoms in total. The number of rotatable bonds is 4. The lowest BCUT2D eigenvalue weighted by molar-refractivity contribution is -0.274. The van der Waals surface area contributed by atoms with Gasteiger partial charge in [-0.2, -0.15) is 0 Å². The van der Waals surface area contributed by atoms with E-state index in [1.807, 2.05) is 6.92 Å². The van der Waals surface area contributed by atoms with Crippen LogP contribution in [-0.4, -0.2) is 42.1 Å². The number of ether oxygens (including phenoxy) is 4. The first kappa shape index (κ1) is 24.8. The summed E-state index contributed by atoms with van der Waals surface area (Å²) in [5, 5.41) is 0. The van der Waals surface area contributed by atoms with Gasteiger partial charge in [0.15, 0.2) is 0 Å². The van der Waals surface area contributed by atoms with Crippen LogP contribution in [0.25, 0.3) is 0 Å². The third kappa shape index (κ3) is 4.78. The summed E-state index contributed by atoms with van der Waals surface area (Å²) in [5.41, 5.74) is 0.957. The van der Waals surface area contributed by atoms with Crippen molar-refractivity contribution in [3.8, 4) is 5.75 Å². The van der Waals surface area contributed by atoms with Crippen LogP contribution < -0.4 is 4.74 Å².